The van der Waals surface area contributed by atoms with Crippen molar-refractivity contribution in [3.05, 3.63) is 59.7 Å². The van der Waals surface area contributed by atoms with E-state index in [4.69, 9.17) is 0 Å². The number of hydrogen-bond acceptors (Lipinski definition) is 4. The summed E-state index contributed by atoms with van der Waals surface area (Å²) in [5.74, 6) is -0.380. The molecular weight excluding hydrogens is 514 g/mol. The number of amides is 2. The molecule has 0 N–H and O–H groups in total. The topological polar surface area (TPSA) is 47.1 Å². The van der Waals surface area contributed by atoms with Crippen LogP contribution in [0.25, 0.3) is 0 Å². The predicted molar refractivity (Wildman–Crippen MR) is 130 cm³/mol. The van der Waals surface area contributed by atoms with Crippen LogP contribution in [0.3, 0.4) is 0 Å². The molecule has 2 aliphatic rings. The Labute approximate surface area is 216 Å². The molecule has 0 aromatic heterocycles. The lowest BCUT2D eigenvalue weighted by atomic mass is 10.1. The number of anilines is 2. The second-order valence-corrected chi connectivity index (χ2v) is 9.33. The second-order valence-electron chi connectivity index (χ2n) is 9.33. The molecule has 2 saturated heterocycles. The Balaban J connectivity index is 1.21. The highest BCUT2D eigenvalue weighted by molar-refractivity contribution is 5.84. The fraction of sp³-hybridized carbons (Fsp3) is 0.462. The summed E-state index contributed by atoms with van der Waals surface area (Å²) in [6.07, 6.45) is -8.80. The largest absolute Gasteiger partial charge is 0.416 e. The molecule has 2 aromatic carbocycles. The number of benzene rings is 2. The van der Waals surface area contributed by atoms with Gasteiger partial charge < -0.3 is 19.6 Å². The summed E-state index contributed by atoms with van der Waals surface area (Å²) < 4.78 is 78.0. The second kappa shape index (κ2) is 11.1. The molecule has 0 atom stereocenters. The minimum absolute atomic E-state index is 0.0240. The van der Waals surface area contributed by atoms with Gasteiger partial charge in [0.1, 0.15) is 0 Å². The molecule has 0 unspecified atom stereocenters. The lowest BCUT2D eigenvalue weighted by Crippen LogP contribution is -2.50. The maximum Gasteiger partial charge on any atom is 0.416 e. The molecule has 2 aliphatic heterocycles. The Bertz CT molecular complexity index is 1050. The molecule has 0 bridgehead atoms. The van der Waals surface area contributed by atoms with Crippen LogP contribution in [0.2, 0.25) is 0 Å². The molecule has 2 amide bonds. The monoisotopic (exact) mass is 542 g/mol. The number of carbonyl (C=O) groups is 2. The van der Waals surface area contributed by atoms with E-state index in [0.717, 1.165) is 24.3 Å². The van der Waals surface area contributed by atoms with Crippen molar-refractivity contribution in [1.82, 2.24) is 9.80 Å². The van der Waals surface area contributed by atoms with Gasteiger partial charge in [0, 0.05) is 76.6 Å². The van der Waals surface area contributed by atoms with Gasteiger partial charge in [-0.3, -0.25) is 9.59 Å². The Kier molecular flexibility index (Phi) is 8.08. The van der Waals surface area contributed by atoms with Crippen molar-refractivity contribution < 1.29 is 35.9 Å². The van der Waals surface area contributed by atoms with Crippen LogP contribution in [0.1, 0.15) is 24.0 Å². The highest BCUT2D eigenvalue weighted by Crippen LogP contribution is 2.33. The Morgan fingerprint density at radius 2 is 0.921 bits per heavy atom. The summed E-state index contributed by atoms with van der Waals surface area (Å²) in [4.78, 5) is 32.1. The van der Waals surface area contributed by atoms with Crippen LogP contribution in [-0.4, -0.2) is 74.0 Å². The fourth-order valence-electron chi connectivity index (χ4n) is 4.72. The van der Waals surface area contributed by atoms with Crippen molar-refractivity contribution in [2.45, 2.75) is 25.2 Å². The summed E-state index contributed by atoms with van der Waals surface area (Å²) in [7, 11) is 0. The lowest BCUT2D eigenvalue weighted by molar-refractivity contribution is -0.138. The highest BCUT2D eigenvalue weighted by atomic mass is 19.4. The summed E-state index contributed by atoms with van der Waals surface area (Å²) in [5, 5.41) is 0. The van der Waals surface area contributed by atoms with Gasteiger partial charge in [-0.2, -0.15) is 26.3 Å². The van der Waals surface area contributed by atoms with E-state index in [1.807, 2.05) is 0 Å². The van der Waals surface area contributed by atoms with Gasteiger partial charge in [0.15, 0.2) is 0 Å². The van der Waals surface area contributed by atoms with E-state index in [2.05, 4.69) is 0 Å². The number of halogens is 6. The molecule has 206 valence electrons. The van der Waals surface area contributed by atoms with Crippen molar-refractivity contribution in [3.8, 4) is 0 Å². The van der Waals surface area contributed by atoms with Crippen LogP contribution in [-0.2, 0) is 21.9 Å². The summed E-state index contributed by atoms with van der Waals surface area (Å²) in [5.41, 5.74) is -0.539. The molecular formula is C26H28F6N4O2. The van der Waals surface area contributed by atoms with Gasteiger partial charge in [0.05, 0.1) is 11.1 Å². The van der Waals surface area contributed by atoms with Gasteiger partial charge >= 0.3 is 12.4 Å². The average Bonchev–Trinajstić information content (AvgIpc) is 2.91. The maximum atomic E-state index is 13.0. The Morgan fingerprint density at radius 1 is 0.579 bits per heavy atom. The normalized spacial score (nSPS) is 17.1. The quantitative estimate of drug-likeness (QED) is 0.523. The minimum Gasteiger partial charge on any atom is -0.368 e. The van der Waals surface area contributed by atoms with Gasteiger partial charge in [-0.25, -0.2) is 0 Å². The molecule has 0 radical (unpaired) electrons. The number of nitrogens with zero attached hydrogens (tertiary/aromatic N) is 4. The minimum atomic E-state index is -4.43. The van der Waals surface area contributed by atoms with E-state index >= 15 is 0 Å². The molecule has 2 aromatic rings. The van der Waals surface area contributed by atoms with Crippen LogP contribution >= 0.6 is 0 Å². The SMILES string of the molecule is O=C(CCC(=O)N1CCN(c2cccc(C(F)(F)F)c2)CC1)N1CCN(c2cccc(C(F)(F)F)c2)CC1. The van der Waals surface area contributed by atoms with Crippen molar-refractivity contribution in [3.63, 3.8) is 0 Å². The number of carbonyl (C=O) groups excluding carboxylic acids is 2. The van der Waals surface area contributed by atoms with Crippen LogP contribution in [0.15, 0.2) is 48.5 Å². The standard InChI is InChI=1S/C26H28F6N4O2/c27-25(28,29)19-3-1-5-21(17-19)33-9-13-35(14-10-33)23(37)7-8-24(38)36-15-11-34(12-16-36)22-6-2-4-20(18-22)26(30,31)32/h1-6,17-18H,7-16H2. The van der Waals surface area contributed by atoms with Crippen LogP contribution in [0, 0.1) is 0 Å². The van der Waals surface area contributed by atoms with Crippen LogP contribution < -0.4 is 9.80 Å². The third-order valence-electron chi connectivity index (χ3n) is 6.89. The highest BCUT2D eigenvalue weighted by Gasteiger charge is 2.32. The molecule has 2 heterocycles. The maximum absolute atomic E-state index is 13.0. The van der Waals surface area contributed by atoms with E-state index in [9.17, 15) is 35.9 Å². The van der Waals surface area contributed by atoms with Crippen molar-refractivity contribution in [2.24, 2.45) is 0 Å². The molecule has 2 fully saturated rings. The van der Waals surface area contributed by atoms with E-state index in [1.54, 1.807) is 31.7 Å². The van der Waals surface area contributed by atoms with E-state index < -0.39 is 23.5 Å². The van der Waals surface area contributed by atoms with Gasteiger partial charge in [-0.1, -0.05) is 12.1 Å². The van der Waals surface area contributed by atoms with Crippen LogP contribution in [0.4, 0.5) is 37.7 Å². The third kappa shape index (κ3) is 6.70. The van der Waals surface area contributed by atoms with E-state index in [0.29, 0.717) is 63.7 Å². The van der Waals surface area contributed by atoms with Crippen molar-refractivity contribution in [2.75, 3.05) is 62.2 Å². The zero-order valence-corrected chi connectivity index (χ0v) is 20.6. The zero-order chi connectivity index (χ0) is 27.5. The lowest BCUT2D eigenvalue weighted by Gasteiger charge is -2.37. The molecule has 0 saturated carbocycles. The van der Waals surface area contributed by atoms with Gasteiger partial charge in [-0.15, -0.1) is 0 Å². The molecule has 12 heteroatoms. The summed E-state index contributed by atoms with van der Waals surface area (Å²) >= 11 is 0. The first kappa shape index (κ1) is 27.6. The first-order valence-corrected chi connectivity index (χ1v) is 12.3. The van der Waals surface area contributed by atoms with Gasteiger partial charge in [-0.05, 0) is 36.4 Å². The average molecular weight is 543 g/mol. The fourth-order valence-corrected chi connectivity index (χ4v) is 4.72. The number of rotatable bonds is 5. The van der Waals surface area contributed by atoms with Gasteiger partial charge in [0.25, 0.3) is 0 Å². The van der Waals surface area contributed by atoms with Crippen LogP contribution in [0.5, 0.6) is 0 Å². The van der Waals surface area contributed by atoms with Crippen molar-refractivity contribution >= 4 is 23.2 Å². The molecule has 4 rings (SSSR count). The van der Waals surface area contributed by atoms with E-state index in [1.165, 1.54) is 12.1 Å². The third-order valence-corrected chi connectivity index (χ3v) is 6.89. The number of hydrogen-bond donors (Lipinski definition) is 0. The summed E-state index contributed by atoms with van der Waals surface area (Å²) in [6, 6.07) is 10.2. The van der Waals surface area contributed by atoms with Crippen molar-refractivity contribution in [1.29, 1.82) is 0 Å². The molecule has 38 heavy (non-hydrogen) atoms. The zero-order valence-electron chi connectivity index (χ0n) is 20.6. The molecule has 6 nitrogen and oxygen atoms in total. The van der Waals surface area contributed by atoms with Gasteiger partial charge in [0.2, 0.25) is 11.8 Å². The first-order valence-electron chi connectivity index (χ1n) is 12.3. The Morgan fingerprint density at radius 3 is 1.24 bits per heavy atom. The predicted octanol–water partition coefficient (Wildman–Crippen LogP) is 4.50. The van der Waals surface area contributed by atoms with E-state index in [-0.39, 0.29) is 24.7 Å². The Hall–Kier alpha value is -3.44. The molecule has 0 spiro atoms. The smallest absolute Gasteiger partial charge is 0.368 e. The first-order chi connectivity index (χ1) is 17.9. The molecule has 0 aliphatic carbocycles. The number of alkyl halides is 6. The number of piperazine rings is 2. The summed E-state index contributed by atoms with van der Waals surface area (Å²) in [6.45, 7) is 2.93.